The minimum Gasteiger partial charge on any atom is -0.375 e. The number of anilines is 1. The van der Waals surface area contributed by atoms with E-state index in [0.717, 1.165) is 12.8 Å². The second-order valence-corrected chi connectivity index (χ2v) is 5.61. The zero-order chi connectivity index (χ0) is 13.6. The third kappa shape index (κ3) is 1.78. The molecule has 1 aromatic carbocycles. The summed E-state index contributed by atoms with van der Waals surface area (Å²) in [5.41, 5.74) is -0.807. The first-order valence-corrected chi connectivity index (χ1v) is 6.78. The van der Waals surface area contributed by atoms with Crippen LogP contribution in [0.15, 0.2) is 18.2 Å². The van der Waals surface area contributed by atoms with Gasteiger partial charge in [-0.15, -0.1) is 0 Å². The molecule has 4 nitrogen and oxygen atoms in total. The summed E-state index contributed by atoms with van der Waals surface area (Å²) >= 11 is 5.94. The number of hydrogen-bond acceptors (Lipinski definition) is 3. The number of hydrogen-bond donors (Lipinski definition) is 2. The zero-order valence-electron chi connectivity index (χ0n) is 10.3. The lowest BCUT2D eigenvalue weighted by atomic mass is 9.73. The van der Waals surface area contributed by atoms with E-state index >= 15 is 0 Å². The van der Waals surface area contributed by atoms with Gasteiger partial charge in [-0.25, -0.2) is 0 Å². The van der Waals surface area contributed by atoms with Crippen molar-refractivity contribution >= 4 is 29.0 Å². The standard InChI is InChI=1S/C14H14ClNO3/c15-8-5-6-11-10(7-8)14(19,13(18)16-11)9-3-1-2-4-12(9)17/h5-7,9,19H,1-4H2,(H,16,18)/t9-,14+/m0/s1. The number of aliphatic hydroxyl groups is 1. The Labute approximate surface area is 115 Å². The highest BCUT2D eigenvalue weighted by Gasteiger charge is 2.53. The summed E-state index contributed by atoms with van der Waals surface area (Å²) in [5, 5.41) is 13.9. The zero-order valence-corrected chi connectivity index (χ0v) is 11.0. The molecule has 0 unspecified atom stereocenters. The highest BCUT2D eigenvalue weighted by atomic mass is 35.5. The first-order chi connectivity index (χ1) is 9.03. The van der Waals surface area contributed by atoms with E-state index in [0.29, 0.717) is 29.1 Å². The highest BCUT2D eigenvalue weighted by molar-refractivity contribution is 6.31. The van der Waals surface area contributed by atoms with Crippen LogP contribution in [-0.4, -0.2) is 16.8 Å². The van der Waals surface area contributed by atoms with Crippen LogP contribution in [0.4, 0.5) is 5.69 Å². The fourth-order valence-electron chi connectivity index (χ4n) is 3.05. The Morgan fingerprint density at radius 3 is 2.84 bits per heavy atom. The van der Waals surface area contributed by atoms with Crippen LogP contribution in [0.5, 0.6) is 0 Å². The Morgan fingerprint density at radius 1 is 1.32 bits per heavy atom. The predicted octanol–water partition coefficient (Wildman–Crippen LogP) is 2.24. The second-order valence-electron chi connectivity index (χ2n) is 5.18. The molecule has 19 heavy (non-hydrogen) atoms. The Bertz CT molecular complexity index is 572. The molecular weight excluding hydrogens is 266 g/mol. The molecule has 1 amide bonds. The van der Waals surface area contributed by atoms with Gasteiger partial charge in [-0.1, -0.05) is 18.0 Å². The Hall–Kier alpha value is -1.39. The van der Waals surface area contributed by atoms with Crippen LogP contribution in [0, 0.1) is 5.92 Å². The summed E-state index contributed by atoms with van der Waals surface area (Å²) < 4.78 is 0. The summed E-state index contributed by atoms with van der Waals surface area (Å²) in [6.07, 6.45) is 2.64. The van der Waals surface area contributed by atoms with Gasteiger partial charge in [0.1, 0.15) is 5.78 Å². The number of halogens is 1. The van der Waals surface area contributed by atoms with E-state index in [1.54, 1.807) is 18.2 Å². The van der Waals surface area contributed by atoms with Crippen molar-refractivity contribution in [2.45, 2.75) is 31.3 Å². The summed E-state index contributed by atoms with van der Waals surface area (Å²) in [4.78, 5) is 24.2. The van der Waals surface area contributed by atoms with Crippen LogP contribution in [0.1, 0.15) is 31.2 Å². The smallest absolute Gasteiger partial charge is 0.261 e. The summed E-state index contributed by atoms with van der Waals surface area (Å²) in [5.74, 6) is -1.23. The molecule has 100 valence electrons. The lowest BCUT2D eigenvalue weighted by molar-refractivity contribution is -0.150. The van der Waals surface area contributed by atoms with Crippen molar-refractivity contribution in [1.82, 2.24) is 0 Å². The Morgan fingerprint density at radius 2 is 2.11 bits per heavy atom. The average Bonchev–Trinajstić information content (AvgIpc) is 2.64. The van der Waals surface area contributed by atoms with Crippen molar-refractivity contribution in [1.29, 1.82) is 0 Å². The molecular formula is C14H14ClNO3. The molecule has 2 atom stereocenters. The topological polar surface area (TPSA) is 66.4 Å². The fraction of sp³-hybridized carbons (Fsp3) is 0.429. The van der Waals surface area contributed by atoms with E-state index in [1.165, 1.54) is 0 Å². The van der Waals surface area contributed by atoms with E-state index in [-0.39, 0.29) is 5.78 Å². The first kappa shape index (κ1) is 12.6. The molecule has 1 aliphatic heterocycles. The van der Waals surface area contributed by atoms with Crippen molar-refractivity contribution in [3.05, 3.63) is 28.8 Å². The van der Waals surface area contributed by atoms with Crippen LogP contribution in [0.2, 0.25) is 5.02 Å². The molecule has 1 saturated carbocycles. The SMILES string of the molecule is O=C1CCCC[C@@H]1[C@]1(O)C(=O)Nc2ccc(Cl)cc21. The largest absolute Gasteiger partial charge is 0.375 e. The molecule has 2 N–H and O–H groups in total. The molecule has 0 bridgehead atoms. The van der Waals surface area contributed by atoms with Gasteiger partial charge in [-0.2, -0.15) is 0 Å². The van der Waals surface area contributed by atoms with E-state index in [4.69, 9.17) is 11.6 Å². The highest BCUT2D eigenvalue weighted by Crippen LogP contribution is 2.45. The molecule has 1 fully saturated rings. The predicted molar refractivity (Wildman–Crippen MR) is 70.9 cm³/mol. The number of carbonyl (C=O) groups is 2. The number of Topliss-reactive ketones (excluding diaryl/α,β-unsaturated/α-hetero) is 1. The normalized spacial score (nSPS) is 30.1. The van der Waals surface area contributed by atoms with Crippen molar-refractivity contribution < 1.29 is 14.7 Å². The van der Waals surface area contributed by atoms with Crippen LogP contribution in [-0.2, 0) is 15.2 Å². The number of rotatable bonds is 1. The molecule has 0 radical (unpaired) electrons. The molecule has 1 aromatic rings. The minimum absolute atomic E-state index is 0.0447. The summed E-state index contributed by atoms with van der Waals surface area (Å²) in [7, 11) is 0. The molecule has 5 heteroatoms. The third-order valence-electron chi connectivity index (χ3n) is 4.05. The van der Waals surface area contributed by atoms with E-state index in [9.17, 15) is 14.7 Å². The van der Waals surface area contributed by atoms with Gasteiger partial charge in [-0.3, -0.25) is 9.59 Å². The van der Waals surface area contributed by atoms with E-state index < -0.39 is 17.4 Å². The van der Waals surface area contributed by atoms with Crippen molar-refractivity contribution in [3.63, 3.8) is 0 Å². The van der Waals surface area contributed by atoms with Crippen molar-refractivity contribution in [2.24, 2.45) is 5.92 Å². The number of benzene rings is 1. The lowest BCUT2D eigenvalue weighted by Gasteiger charge is -2.32. The number of amides is 1. The molecule has 0 spiro atoms. The quantitative estimate of drug-likeness (QED) is 0.828. The number of nitrogens with one attached hydrogen (secondary N) is 1. The average molecular weight is 280 g/mol. The van der Waals surface area contributed by atoms with Gasteiger partial charge in [0.15, 0.2) is 5.60 Å². The van der Waals surface area contributed by atoms with Gasteiger partial charge in [-0.05, 0) is 31.0 Å². The fourth-order valence-corrected chi connectivity index (χ4v) is 3.22. The van der Waals surface area contributed by atoms with Crippen LogP contribution in [0.3, 0.4) is 0 Å². The number of fused-ring (bicyclic) bond motifs is 1. The molecule has 0 aromatic heterocycles. The van der Waals surface area contributed by atoms with E-state index in [2.05, 4.69) is 5.32 Å². The number of ketones is 1. The Kier molecular flexibility index (Phi) is 2.87. The van der Waals surface area contributed by atoms with Crippen LogP contribution >= 0.6 is 11.6 Å². The molecule has 1 heterocycles. The molecule has 2 aliphatic rings. The Balaban J connectivity index is 2.10. The lowest BCUT2D eigenvalue weighted by Crippen LogP contribution is -2.46. The van der Waals surface area contributed by atoms with Gasteiger partial charge < -0.3 is 10.4 Å². The number of carbonyl (C=O) groups excluding carboxylic acids is 2. The van der Waals surface area contributed by atoms with Gasteiger partial charge in [0, 0.05) is 22.7 Å². The maximum atomic E-state index is 12.2. The van der Waals surface area contributed by atoms with Crippen LogP contribution in [0.25, 0.3) is 0 Å². The summed E-state index contributed by atoms with van der Waals surface area (Å²) in [6.45, 7) is 0. The molecule has 0 saturated heterocycles. The maximum Gasteiger partial charge on any atom is 0.261 e. The monoisotopic (exact) mass is 279 g/mol. The van der Waals surface area contributed by atoms with Gasteiger partial charge in [0.25, 0.3) is 5.91 Å². The van der Waals surface area contributed by atoms with Crippen molar-refractivity contribution in [3.8, 4) is 0 Å². The van der Waals surface area contributed by atoms with Crippen molar-refractivity contribution in [2.75, 3.05) is 5.32 Å². The van der Waals surface area contributed by atoms with Gasteiger partial charge in [0.2, 0.25) is 0 Å². The maximum absolute atomic E-state index is 12.2. The third-order valence-corrected chi connectivity index (χ3v) is 4.28. The summed E-state index contributed by atoms with van der Waals surface area (Å²) in [6, 6.07) is 4.87. The minimum atomic E-state index is -1.77. The molecule has 3 rings (SSSR count). The molecule has 1 aliphatic carbocycles. The second kappa shape index (κ2) is 4.32. The van der Waals surface area contributed by atoms with Gasteiger partial charge in [0.05, 0.1) is 5.92 Å². The first-order valence-electron chi connectivity index (χ1n) is 6.40. The van der Waals surface area contributed by atoms with E-state index in [1.807, 2.05) is 0 Å². The van der Waals surface area contributed by atoms with Crippen LogP contribution < -0.4 is 5.32 Å². The van der Waals surface area contributed by atoms with Gasteiger partial charge >= 0.3 is 0 Å².